The molecular formula is C12H14Cl2O2. The molecule has 0 radical (unpaired) electrons. The molecule has 88 valence electrons. The van der Waals surface area contributed by atoms with Gasteiger partial charge >= 0.3 is 0 Å². The lowest BCUT2D eigenvalue weighted by atomic mass is 10.2. The van der Waals surface area contributed by atoms with Crippen LogP contribution in [0.5, 0.6) is 5.75 Å². The first-order valence-electron chi connectivity index (χ1n) is 5.23. The SMILES string of the molecule is CCC(=O)CCCOc1ccc(Cl)c(Cl)c1. The second-order valence-electron chi connectivity index (χ2n) is 3.42. The van der Waals surface area contributed by atoms with Gasteiger partial charge in [0.25, 0.3) is 0 Å². The van der Waals surface area contributed by atoms with E-state index in [1.54, 1.807) is 18.2 Å². The van der Waals surface area contributed by atoms with Crippen LogP contribution in [0.15, 0.2) is 18.2 Å². The number of ketones is 1. The molecule has 0 bridgehead atoms. The third-order valence-electron chi connectivity index (χ3n) is 2.15. The lowest BCUT2D eigenvalue weighted by Crippen LogP contribution is -2.02. The van der Waals surface area contributed by atoms with Gasteiger partial charge in [-0.05, 0) is 18.6 Å². The van der Waals surface area contributed by atoms with E-state index in [0.717, 1.165) is 6.42 Å². The van der Waals surface area contributed by atoms with Gasteiger partial charge in [-0.25, -0.2) is 0 Å². The fourth-order valence-corrected chi connectivity index (χ4v) is 1.49. The van der Waals surface area contributed by atoms with Crippen molar-refractivity contribution in [3.8, 4) is 5.75 Å². The van der Waals surface area contributed by atoms with E-state index in [1.165, 1.54) is 0 Å². The second kappa shape index (κ2) is 6.77. The summed E-state index contributed by atoms with van der Waals surface area (Å²) in [5.41, 5.74) is 0. The molecule has 0 aliphatic rings. The molecule has 2 nitrogen and oxygen atoms in total. The van der Waals surface area contributed by atoms with Gasteiger partial charge < -0.3 is 4.74 Å². The van der Waals surface area contributed by atoms with E-state index in [1.807, 2.05) is 6.92 Å². The molecule has 0 saturated carbocycles. The highest BCUT2D eigenvalue weighted by atomic mass is 35.5. The number of hydrogen-bond acceptors (Lipinski definition) is 2. The normalized spacial score (nSPS) is 10.2. The zero-order valence-corrected chi connectivity index (χ0v) is 10.6. The number of halogens is 2. The zero-order valence-electron chi connectivity index (χ0n) is 9.13. The highest BCUT2D eigenvalue weighted by Gasteiger charge is 2.01. The van der Waals surface area contributed by atoms with Gasteiger partial charge in [-0.3, -0.25) is 4.79 Å². The molecule has 0 saturated heterocycles. The smallest absolute Gasteiger partial charge is 0.132 e. The van der Waals surface area contributed by atoms with E-state index in [2.05, 4.69) is 0 Å². The van der Waals surface area contributed by atoms with Gasteiger partial charge in [0.05, 0.1) is 16.7 Å². The number of rotatable bonds is 6. The summed E-state index contributed by atoms with van der Waals surface area (Å²) in [6, 6.07) is 5.12. The van der Waals surface area contributed by atoms with Crippen LogP contribution < -0.4 is 4.74 Å². The molecule has 0 spiro atoms. The van der Waals surface area contributed by atoms with Crippen molar-refractivity contribution in [2.75, 3.05) is 6.61 Å². The summed E-state index contributed by atoms with van der Waals surface area (Å²) in [5, 5.41) is 0.985. The molecule has 0 aromatic heterocycles. The molecule has 4 heteroatoms. The van der Waals surface area contributed by atoms with Crippen molar-refractivity contribution in [2.45, 2.75) is 26.2 Å². The van der Waals surface area contributed by atoms with Crippen LogP contribution >= 0.6 is 23.2 Å². The minimum atomic E-state index is 0.262. The Morgan fingerprint density at radius 3 is 2.69 bits per heavy atom. The molecule has 0 aliphatic heterocycles. The third-order valence-corrected chi connectivity index (χ3v) is 2.89. The summed E-state index contributed by atoms with van der Waals surface area (Å²) >= 11 is 11.6. The van der Waals surface area contributed by atoms with Gasteiger partial charge in [0.1, 0.15) is 11.5 Å². The van der Waals surface area contributed by atoms with Gasteiger partial charge in [-0.1, -0.05) is 30.1 Å². The fourth-order valence-electron chi connectivity index (χ4n) is 1.20. The highest BCUT2D eigenvalue weighted by Crippen LogP contribution is 2.26. The Kier molecular flexibility index (Phi) is 5.64. The molecule has 0 heterocycles. The summed E-state index contributed by atoms with van der Waals surface area (Å²) in [5.74, 6) is 0.941. The lowest BCUT2D eigenvalue weighted by molar-refractivity contribution is -0.118. The maximum Gasteiger partial charge on any atom is 0.132 e. The van der Waals surface area contributed by atoms with Gasteiger partial charge in [0, 0.05) is 18.9 Å². The fraction of sp³-hybridized carbons (Fsp3) is 0.417. The molecule has 0 aliphatic carbocycles. The van der Waals surface area contributed by atoms with Crippen molar-refractivity contribution in [1.29, 1.82) is 0 Å². The number of benzene rings is 1. The van der Waals surface area contributed by atoms with Crippen molar-refractivity contribution in [2.24, 2.45) is 0 Å². The molecule has 0 unspecified atom stereocenters. The zero-order chi connectivity index (χ0) is 12.0. The average molecular weight is 261 g/mol. The van der Waals surface area contributed by atoms with E-state index in [0.29, 0.717) is 35.2 Å². The number of carbonyl (C=O) groups excluding carboxylic acids is 1. The maximum absolute atomic E-state index is 11.0. The van der Waals surface area contributed by atoms with Crippen LogP contribution in [-0.4, -0.2) is 12.4 Å². The standard InChI is InChI=1S/C12H14Cl2O2/c1-2-9(15)4-3-7-16-10-5-6-11(13)12(14)8-10/h5-6,8H,2-4,7H2,1H3. The Morgan fingerprint density at radius 1 is 1.31 bits per heavy atom. The average Bonchev–Trinajstić information content (AvgIpc) is 2.28. The summed E-state index contributed by atoms with van der Waals surface area (Å²) in [7, 11) is 0. The second-order valence-corrected chi connectivity index (χ2v) is 4.23. The van der Waals surface area contributed by atoms with E-state index in [9.17, 15) is 4.79 Å². The van der Waals surface area contributed by atoms with Gasteiger partial charge in [0.15, 0.2) is 0 Å². The van der Waals surface area contributed by atoms with Crippen LogP contribution in [0.4, 0.5) is 0 Å². The first-order valence-corrected chi connectivity index (χ1v) is 5.98. The van der Waals surface area contributed by atoms with Crippen molar-refractivity contribution in [3.63, 3.8) is 0 Å². The topological polar surface area (TPSA) is 26.3 Å². The Labute approximate surface area is 106 Å². The Hall–Kier alpha value is -0.730. The van der Waals surface area contributed by atoms with E-state index < -0.39 is 0 Å². The Bertz CT molecular complexity index is 364. The predicted molar refractivity (Wildman–Crippen MR) is 66.5 cm³/mol. The molecule has 1 aromatic rings. The molecule has 0 atom stereocenters. The maximum atomic E-state index is 11.0. The van der Waals surface area contributed by atoms with Crippen LogP contribution in [0, 0.1) is 0 Å². The summed E-state index contributed by atoms with van der Waals surface area (Å²) in [6.07, 6.45) is 1.89. The number of ether oxygens (including phenoxy) is 1. The predicted octanol–water partition coefficient (Wildman–Crippen LogP) is 4.13. The van der Waals surface area contributed by atoms with Crippen molar-refractivity contribution in [3.05, 3.63) is 28.2 Å². The minimum Gasteiger partial charge on any atom is -0.494 e. The van der Waals surface area contributed by atoms with Gasteiger partial charge in [-0.15, -0.1) is 0 Å². The van der Waals surface area contributed by atoms with Crippen molar-refractivity contribution >= 4 is 29.0 Å². The largest absolute Gasteiger partial charge is 0.494 e. The molecule has 1 aromatic carbocycles. The molecule has 0 fully saturated rings. The van der Waals surface area contributed by atoms with E-state index >= 15 is 0 Å². The highest BCUT2D eigenvalue weighted by molar-refractivity contribution is 6.42. The monoisotopic (exact) mass is 260 g/mol. The Balaban J connectivity index is 2.32. The van der Waals surface area contributed by atoms with Crippen LogP contribution in [0.3, 0.4) is 0 Å². The summed E-state index contributed by atoms with van der Waals surface area (Å²) in [4.78, 5) is 11.0. The molecule has 16 heavy (non-hydrogen) atoms. The number of Topliss-reactive ketones (excluding diaryl/α,β-unsaturated/α-hetero) is 1. The van der Waals surface area contributed by atoms with Crippen LogP contribution in [-0.2, 0) is 4.79 Å². The molecule has 0 amide bonds. The van der Waals surface area contributed by atoms with Crippen LogP contribution in [0.1, 0.15) is 26.2 Å². The minimum absolute atomic E-state index is 0.262. The summed E-state index contributed by atoms with van der Waals surface area (Å²) < 4.78 is 5.44. The molecule has 0 N–H and O–H groups in total. The first-order chi connectivity index (χ1) is 7.63. The third kappa shape index (κ3) is 4.42. The van der Waals surface area contributed by atoms with Crippen molar-refractivity contribution in [1.82, 2.24) is 0 Å². The number of carbonyl (C=O) groups is 1. The lowest BCUT2D eigenvalue weighted by Gasteiger charge is -2.06. The number of hydrogen-bond donors (Lipinski definition) is 0. The summed E-state index contributed by atoms with van der Waals surface area (Å²) in [6.45, 7) is 2.38. The van der Waals surface area contributed by atoms with Gasteiger partial charge in [-0.2, -0.15) is 0 Å². The Morgan fingerprint density at radius 2 is 2.06 bits per heavy atom. The quantitative estimate of drug-likeness (QED) is 0.719. The molecular weight excluding hydrogens is 247 g/mol. The first kappa shape index (κ1) is 13.3. The van der Waals surface area contributed by atoms with Crippen LogP contribution in [0.25, 0.3) is 0 Å². The van der Waals surface area contributed by atoms with E-state index in [-0.39, 0.29) is 5.78 Å². The van der Waals surface area contributed by atoms with Crippen LogP contribution in [0.2, 0.25) is 10.0 Å². The van der Waals surface area contributed by atoms with E-state index in [4.69, 9.17) is 27.9 Å². The van der Waals surface area contributed by atoms with Gasteiger partial charge in [0.2, 0.25) is 0 Å². The van der Waals surface area contributed by atoms with Crippen molar-refractivity contribution < 1.29 is 9.53 Å². The molecule has 1 rings (SSSR count).